The van der Waals surface area contributed by atoms with Gasteiger partial charge in [-0.05, 0) is 51.3 Å². The van der Waals surface area contributed by atoms with E-state index >= 15 is 0 Å². The number of pyridine rings is 1. The third-order valence-corrected chi connectivity index (χ3v) is 5.43. The fourth-order valence-corrected chi connectivity index (χ4v) is 3.74. The van der Waals surface area contributed by atoms with E-state index in [0.717, 1.165) is 74.0 Å². The average molecular weight is 379 g/mol. The second-order valence-electron chi connectivity index (χ2n) is 7.33. The van der Waals surface area contributed by atoms with Crippen molar-refractivity contribution in [1.29, 1.82) is 0 Å². The van der Waals surface area contributed by atoms with Crippen molar-refractivity contribution < 1.29 is 9.32 Å². The van der Waals surface area contributed by atoms with Crippen LogP contribution in [-0.4, -0.2) is 47.1 Å². The summed E-state index contributed by atoms with van der Waals surface area (Å²) in [5.74, 6) is 0.543. The number of aryl methyl sites for hydroxylation is 1. The number of carbonyl (C=O) groups excluding carboxylic acids is 1. The standard InChI is InChI=1S/C19H26N4O2.ClH/c1-3-4-15-17-14(19(24)23(2)13-7-9-20-10-8-13)11-16(12-5-6-12)21-18(17)25-22-15;/h11-13,20H,3-10H2,1-2H3;1H. The number of amides is 1. The molecule has 0 radical (unpaired) electrons. The minimum absolute atomic E-state index is 0. The van der Waals surface area contributed by atoms with E-state index in [1.54, 1.807) is 0 Å². The van der Waals surface area contributed by atoms with Gasteiger partial charge in [0.2, 0.25) is 0 Å². The molecule has 1 N–H and O–H groups in total. The molecule has 0 unspecified atom stereocenters. The van der Waals surface area contributed by atoms with Crippen molar-refractivity contribution in [1.82, 2.24) is 20.4 Å². The number of carbonyl (C=O) groups is 1. The Balaban J connectivity index is 0.00000196. The predicted molar refractivity (Wildman–Crippen MR) is 103 cm³/mol. The summed E-state index contributed by atoms with van der Waals surface area (Å²) < 4.78 is 5.49. The zero-order chi connectivity index (χ0) is 17.4. The molecule has 1 aliphatic carbocycles. The van der Waals surface area contributed by atoms with Crippen molar-refractivity contribution in [3.05, 3.63) is 23.0 Å². The van der Waals surface area contributed by atoms with Crippen LogP contribution in [-0.2, 0) is 6.42 Å². The number of nitrogens with one attached hydrogen (secondary N) is 1. The van der Waals surface area contributed by atoms with Crippen LogP contribution in [0.15, 0.2) is 10.6 Å². The maximum Gasteiger partial charge on any atom is 0.259 e. The Kier molecular flexibility index (Phi) is 5.82. The number of piperidine rings is 1. The Morgan fingerprint density at radius 3 is 2.69 bits per heavy atom. The number of aromatic nitrogens is 2. The van der Waals surface area contributed by atoms with E-state index < -0.39 is 0 Å². The minimum Gasteiger partial charge on any atom is -0.339 e. The normalized spacial score (nSPS) is 17.9. The molecule has 4 rings (SSSR count). The van der Waals surface area contributed by atoms with E-state index in [1.165, 1.54) is 0 Å². The van der Waals surface area contributed by atoms with Gasteiger partial charge >= 0.3 is 0 Å². The molecule has 1 aliphatic heterocycles. The van der Waals surface area contributed by atoms with Gasteiger partial charge in [0.25, 0.3) is 11.6 Å². The number of hydrogen-bond donors (Lipinski definition) is 1. The maximum absolute atomic E-state index is 13.3. The summed E-state index contributed by atoms with van der Waals surface area (Å²) in [7, 11) is 1.92. The van der Waals surface area contributed by atoms with Crippen LogP contribution in [0.2, 0.25) is 0 Å². The molecule has 0 spiro atoms. The Morgan fingerprint density at radius 1 is 1.31 bits per heavy atom. The van der Waals surface area contributed by atoms with E-state index in [9.17, 15) is 4.79 Å². The van der Waals surface area contributed by atoms with E-state index in [4.69, 9.17) is 4.52 Å². The van der Waals surface area contributed by atoms with Crippen LogP contribution in [0.3, 0.4) is 0 Å². The van der Waals surface area contributed by atoms with Gasteiger partial charge in [-0.15, -0.1) is 12.4 Å². The van der Waals surface area contributed by atoms with E-state index in [0.29, 0.717) is 11.6 Å². The summed E-state index contributed by atoms with van der Waals surface area (Å²) in [6, 6.07) is 2.28. The lowest BCUT2D eigenvalue weighted by Crippen LogP contribution is -2.44. The number of rotatable bonds is 5. The van der Waals surface area contributed by atoms with E-state index in [1.807, 2.05) is 18.0 Å². The van der Waals surface area contributed by atoms with Crippen LogP contribution in [0.5, 0.6) is 0 Å². The second-order valence-corrected chi connectivity index (χ2v) is 7.33. The van der Waals surface area contributed by atoms with Crippen LogP contribution < -0.4 is 5.32 Å². The molecule has 0 atom stereocenters. The molecule has 1 amide bonds. The van der Waals surface area contributed by atoms with Crippen LogP contribution in [0.4, 0.5) is 0 Å². The highest BCUT2D eigenvalue weighted by Gasteiger charge is 2.31. The Morgan fingerprint density at radius 2 is 2.04 bits per heavy atom. The fraction of sp³-hybridized carbons (Fsp3) is 0.632. The highest BCUT2D eigenvalue weighted by Crippen LogP contribution is 2.40. The first-order valence-electron chi connectivity index (χ1n) is 9.46. The van der Waals surface area contributed by atoms with E-state index in [2.05, 4.69) is 22.4 Å². The highest BCUT2D eigenvalue weighted by atomic mass is 35.5. The lowest BCUT2D eigenvalue weighted by molar-refractivity contribution is 0.0705. The summed E-state index contributed by atoms with van der Waals surface area (Å²) in [5.41, 5.74) is 3.08. The lowest BCUT2D eigenvalue weighted by atomic mass is 10.0. The largest absolute Gasteiger partial charge is 0.339 e. The van der Waals surface area contributed by atoms with E-state index in [-0.39, 0.29) is 24.4 Å². The zero-order valence-corrected chi connectivity index (χ0v) is 16.3. The van der Waals surface area contributed by atoms with Gasteiger partial charge in [0.1, 0.15) is 0 Å². The second kappa shape index (κ2) is 7.92. The molecule has 0 bridgehead atoms. The summed E-state index contributed by atoms with van der Waals surface area (Å²) >= 11 is 0. The first-order valence-corrected chi connectivity index (χ1v) is 9.46. The van der Waals surface area contributed by atoms with Crippen molar-refractivity contribution >= 4 is 29.4 Å². The molecule has 0 aromatic carbocycles. The molecular formula is C19H27ClN4O2. The topological polar surface area (TPSA) is 71.3 Å². The molecule has 2 aliphatic rings. The van der Waals surface area contributed by atoms with Crippen LogP contribution in [0, 0.1) is 0 Å². The van der Waals surface area contributed by atoms with Gasteiger partial charge in [0, 0.05) is 24.7 Å². The first kappa shape index (κ1) is 19.1. The molecule has 1 saturated carbocycles. The monoisotopic (exact) mass is 378 g/mol. The molecule has 3 heterocycles. The summed E-state index contributed by atoms with van der Waals surface area (Å²) in [4.78, 5) is 19.9. The molecule has 142 valence electrons. The fourth-order valence-electron chi connectivity index (χ4n) is 3.74. The smallest absolute Gasteiger partial charge is 0.259 e. The maximum atomic E-state index is 13.3. The van der Waals surface area contributed by atoms with Crippen LogP contribution >= 0.6 is 12.4 Å². The van der Waals surface area contributed by atoms with Gasteiger partial charge < -0.3 is 14.7 Å². The summed E-state index contributed by atoms with van der Waals surface area (Å²) in [6.07, 6.45) is 6.05. The average Bonchev–Trinajstić information content (AvgIpc) is 3.43. The molecule has 7 heteroatoms. The molecule has 26 heavy (non-hydrogen) atoms. The number of halogens is 1. The number of fused-ring (bicyclic) bond motifs is 1. The quantitative estimate of drug-likeness (QED) is 0.864. The summed E-state index contributed by atoms with van der Waals surface area (Å²) in [5, 5.41) is 8.38. The predicted octanol–water partition coefficient (Wildman–Crippen LogP) is 3.30. The van der Waals surface area contributed by atoms with Gasteiger partial charge in [-0.25, -0.2) is 4.98 Å². The van der Waals surface area contributed by atoms with Crippen molar-refractivity contribution in [2.24, 2.45) is 0 Å². The van der Waals surface area contributed by atoms with Gasteiger partial charge in [0.05, 0.1) is 16.6 Å². The molecule has 2 aromatic rings. The van der Waals surface area contributed by atoms with Crippen molar-refractivity contribution in [2.45, 2.75) is 57.4 Å². The zero-order valence-electron chi connectivity index (χ0n) is 15.5. The SMILES string of the molecule is CCCc1noc2nc(C3CC3)cc(C(=O)N(C)C3CCNCC3)c12.Cl. The lowest BCUT2D eigenvalue weighted by Gasteiger charge is -2.31. The molecule has 1 saturated heterocycles. The Hall–Kier alpha value is -1.66. The van der Waals surface area contributed by atoms with Crippen molar-refractivity contribution in [3.8, 4) is 0 Å². The van der Waals surface area contributed by atoms with Gasteiger partial charge in [-0.1, -0.05) is 18.5 Å². The first-order chi connectivity index (χ1) is 12.2. The van der Waals surface area contributed by atoms with Crippen LogP contribution in [0.25, 0.3) is 11.1 Å². The van der Waals surface area contributed by atoms with Gasteiger partial charge in [-0.2, -0.15) is 0 Å². The third kappa shape index (κ3) is 3.58. The highest BCUT2D eigenvalue weighted by molar-refractivity contribution is 6.06. The number of nitrogens with zero attached hydrogens (tertiary/aromatic N) is 3. The van der Waals surface area contributed by atoms with Gasteiger partial charge in [-0.3, -0.25) is 4.79 Å². The minimum atomic E-state index is 0. The van der Waals surface area contributed by atoms with Gasteiger partial charge in [0.15, 0.2) is 0 Å². The Bertz CT molecular complexity index is 781. The van der Waals surface area contributed by atoms with Crippen molar-refractivity contribution in [2.75, 3.05) is 20.1 Å². The molecule has 2 fully saturated rings. The summed E-state index contributed by atoms with van der Waals surface area (Å²) in [6.45, 7) is 4.04. The third-order valence-electron chi connectivity index (χ3n) is 5.43. The molecular weight excluding hydrogens is 352 g/mol. The Labute approximate surface area is 160 Å². The molecule has 6 nitrogen and oxygen atoms in total. The number of hydrogen-bond acceptors (Lipinski definition) is 5. The van der Waals surface area contributed by atoms with Crippen molar-refractivity contribution in [3.63, 3.8) is 0 Å². The molecule has 2 aromatic heterocycles. The van der Waals surface area contributed by atoms with Crippen LogP contribution in [0.1, 0.15) is 66.7 Å².